The Balaban J connectivity index is 1.47. The van der Waals surface area contributed by atoms with Crippen molar-refractivity contribution >= 4 is 16.6 Å². The quantitative estimate of drug-likeness (QED) is 0.653. The van der Waals surface area contributed by atoms with Gasteiger partial charge in [0.2, 0.25) is 5.88 Å². The Labute approximate surface area is 169 Å². The predicted molar refractivity (Wildman–Crippen MR) is 112 cm³/mol. The third-order valence-electron chi connectivity index (χ3n) is 5.13. The van der Waals surface area contributed by atoms with E-state index in [0.717, 1.165) is 42.8 Å². The van der Waals surface area contributed by atoms with Crippen LogP contribution in [0, 0.1) is 0 Å². The van der Waals surface area contributed by atoms with E-state index in [1.165, 1.54) is 0 Å². The van der Waals surface area contributed by atoms with Gasteiger partial charge in [0.25, 0.3) is 5.56 Å². The Morgan fingerprint density at radius 2 is 1.90 bits per heavy atom. The van der Waals surface area contributed by atoms with Crippen molar-refractivity contribution in [3.05, 3.63) is 53.0 Å². The predicted octanol–water partition coefficient (Wildman–Crippen LogP) is 1.83. The lowest BCUT2D eigenvalue weighted by Crippen LogP contribution is -2.46. The van der Waals surface area contributed by atoms with Crippen LogP contribution in [0.4, 0.5) is 5.69 Å². The average molecular weight is 394 g/mol. The van der Waals surface area contributed by atoms with Gasteiger partial charge in [-0.25, -0.2) is 9.97 Å². The monoisotopic (exact) mass is 394 g/mol. The molecule has 0 saturated carbocycles. The first-order chi connectivity index (χ1) is 14.0. The van der Waals surface area contributed by atoms with Gasteiger partial charge in [0.1, 0.15) is 12.0 Å². The summed E-state index contributed by atoms with van der Waals surface area (Å²) in [6.07, 6.45) is 4.96. The first kappa shape index (κ1) is 19.3. The van der Waals surface area contributed by atoms with E-state index in [0.29, 0.717) is 18.1 Å². The molecule has 0 amide bonds. The Bertz CT molecular complexity index is 1060. The maximum absolute atomic E-state index is 12.2. The van der Waals surface area contributed by atoms with Crippen LogP contribution in [0.25, 0.3) is 10.9 Å². The molecule has 1 aromatic carbocycles. The fourth-order valence-corrected chi connectivity index (χ4v) is 3.57. The van der Waals surface area contributed by atoms with Gasteiger partial charge in [-0.2, -0.15) is 0 Å². The van der Waals surface area contributed by atoms with E-state index in [-0.39, 0.29) is 11.7 Å². The third kappa shape index (κ3) is 4.22. The number of aryl methyl sites for hydroxylation is 1. The zero-order chi connectivity index (χ0) is 20.4. The van der Waals surface area contributed by atoms with Crippen LogP contribution in [-0.2, 0) is 13.6 Å². The molecule has 0 bridgehead atoms. The van der Waals surface area contributed by atoms with Gasteiger partial charge in [-0.3, -0.25) is 14.7 Å². The molecule has 3 heterocycles. The van der Waals surface area contributed by atoms with Crippen LogP contribution >= 0.6 is 0 Å². The molecular weight excluding hydrogens is 368 g/mol. The molecule has 0 spiro atoms. The highest BCUT2D eigenvalue weighted by atomic mass is 16.5. The minimum atomic E-state index is -0.0258. The Hall–Kier alpha value is -3.00. The normalized spacial score (nSPS) is 15.2. The minimum Gasteiger partial charge on any atom is -0.474 e. The summed E-state index contributed by atoms with van der Waals surface area (Å²) in [6.45, 7) is 8.08. The number of ether oxygens (including phenoxy) is 1. The molecule has 1 fully saturated rings. The van der Waals surface area contributed by atoms with E-state index in [4.69, 9.17) is 4.74 Å². The summed E-state index contributed by atoms with van der Waals surface area (Å²) < 4.78 is 7.43. The number of aromatic nitrogens is 4. The number of hydrogen-bond acceptors (Lipinski definition) is 7. The Kier molecular flexibility index (Phi) is 5.44. The first-order valence-electron chi connectivity index (χ1n) is 9.90. The molecule has 1 aliphatic rings. The number of hydrogen-bond donors (Lipinski definition) is 0. The van der Waals surface area contributed by atoms with Crippen molar-refractivity contribution in [2.45, 2.75) is 26.5 Å². The molecule has 152 valence electrons. The van der Waals surface area contributed by atoms with Crippen LogP contribution in [0.1, 0.15) is 19.5 Å². The van der Waals surface area contributed by atoms with E-state index in [1.54, 1.807) is 30.3 Å². The number of anilines is 1. The molecule has 8 nitrogen and oxygen atoms in total. The minimum absolute atomic E-state index is 0.0258. The summed E-state index contributed by atoms with van der Waals surface area (Å²) in [5, 5.41) is 0.929. The molecule has 0 unspecified atom stereocenters. The number of piperazine rings is 1. The van der Waals surface area contributed by atoms with Gasteiger partial charge < -0.3 is 14.2 Å². The fourth-order valence-electron chi connectivity index (χ4n) is 3.57. The molecule has 1 aliphatic heterocycles. The summed E-state index contributed by atoms with van der Waals surface area (Å²) in [6, 6.07) is 6.22. The maximum Gasteiger partial charge on any atom is 0.273 e. The van der Waals surface area contributed by atoms with Gasteiger partial charge in [0, 0.05) is 57.9 Å². The lowest BCUT2D eigenvalue weighted by atomic mass is 10.2. The molecule has 29 heavy (non-hydrogen) atoms. The van der Waals surface area contributed by atoms with Crippen molar-refractivity contribution in [1.82, 2.24) is 24.4 Å². The lowest BCUT2D eigenvalue weighted by molar-refractivity contribution is 0.235. The van der Waals surface area contributed by atoms with Crippen LogP contribution in [-0.4, -0.2) is 56.7 Å². The second-order valence-electron chi connectivity index (χ2n) is 7.60. The molecular formula is C21H26N6O2. The Morgan fingerprint density at radius 3 is 2.66 bits per heavy atom. The second kappa shape index (κ2) is 8.16. The number of nitrogens with zero attached hydrogens (tertiary/aromatic N) is 6. The fraction of sp³-hybridized carbons (Fsp3) is 0.429. The van der Waals surface area contributed by atoms with Crippen molar-refractivity contribution in [1.29, 1.82) is 0 Å². The van der Waals surface area contributed by atoms with E-state index in [9.17, 15) is 4.79 Å². The lowest BCUT2D eigenvalue weighted by Gasteiger charge is -2.36. The maximum atomic E-state index is 12.2. The smallest absolute Gasteiger partial charge is 0.273 e. The molecule has 2 aromatic heterocycles. The SMILES string of the molecule is CC(C)Oc1ncnc2ccc(N3CCN(Cc4nccn(C)c4=O)CC3)cc12. The van der Waals surface area contributed by atoms with Gasteiger partial charge in [0.05, 0.1) is 17.0 Å². The van der Waals surface area contributed by atoms with Crippen LogP contribution in [0.3, 0.4) is 0 Å². The zero-order valence-corrected chi connectivity index (χ0v) is 17.1. The number of benzene rings is 1. The van der Waals surface area contributed by atoms with Gasteiger partial charge in [-0.15, -0.1) is 0 Å². The van der Waals surface area contributed by atoms with Gasteiger partial charge in [0.15, 0.2) is 0 Å². The van der Waals surface area contributed by atoms with Crippen molar-refractivity contribution < 1.29 is 4.74 Å². The largest absolute Gasteiger partial charge is 0.474 e. The highest BCUT2D eigenvalue weighted by molar-refractivity contribution is 5.86. The molecule has 4 rings (SSSR count). The molecule has 0 atom stereocenters. The number of fused-ring (bicyclic) bond motifs is 1. The summed E-state index contributed by atoms with van der Waals surface area (Å²) in [5.41, 5.74) is 2.59. The standard InChI is InChI=1S/C21H26N6O2/c1-15(2)29-20-17-12-16(4-5-18(17)23-14-24-20)27-10-8-26(9-11-27)13-19-21(28)25(3)7-6-22-19/h4-7,12,14-15H,8-11,13H2,1-3H3. The van der Waals surface area contributed by atoms with E-state index in [1.807, 2.05) is 19.9 Å². The van der Waals surface area contributed by atoms with Crippen molar-refractivity contribution in [3.8, 4) is 5.88 Å². The van der Waals surface area contributed by atoms with E-state index < -0.39 is 0 Å². The molecule has 3 aromatic rings. The average Bonchev–Trinajstić information content (AvgIpc) is 2.72. The highest BCUT2D eigenvalue weighted by Gasteiger charge is 2.20. The summed E-state index contributed by atoms with van der Waals surface area (Å²) in [5.74, 6) is 0.622. The van der Waals surface area contributed by atoms with E-state index >= 15 is 0 Å². The van der Waals surface area contributed by atoms with Crippen LogP contribution < -0.4 is 15.2 Å². The topological polar surface area (TPSA) is 76.4 Å². The highest BCUT2D eigenvalue weighted by Crippen LogP contribution is 2.28. The second-order valence-corrected chi connectivity index (χ2v) is 7.60. The summed E-state index contributed by atoms with van der Waals surface area (Å²) in [7, 11) is 1.76. The van der Waals surface area contributed by atoms with Crippen molar-refractivity contribution in [2.75, 3.05) is 31.1 Å². The van der Waals surface area contributed by atoms with Crippen LogP contribution in [0.15, 0.2) is 41.7 Å². The van der Waals surface area contributed by atoms with Crippen LogP contribution in [0.5, 0.6) is 5.88 Å². The van der Waals surface area contributed by atoms with Gasteiger partial charge >= 0.3 is 0 Å². The Morgan fingerprint density at radius 1 is 1.10 bits per heavy atom. The zero-order valence-electron chi connectivity index (χ0n) is 17.1. The number of rotatable bonds is 5. The third-order valence-corrected chi connectivity index (χ3v) is 5.13. The first-order valence-corrected chi connectivity index (χ1v) is 9.90. The van der Waals surface area contributed by atoms with Crippen molar-refractivity contribution in [2.24, 2.45) is 7.05 Å². The summed E-state index contributed by atoms with van der Waals surface area (Å²) in [4.78, 5) is 29.7. The molecule has 0 aliphatic carbocycles. The van der Waals surface area contributed by atoms with Crippen molar-refractivity contribution in [3.63, 3.8) is 0 Å². The molecule has 8 heteroatoms. The molecule has 0 N–H and O–H groups in total. The molecule has 0 radical (unpaired) electrons. The summed E-state index contributed by atoms with van der Waals surface area (Å²) >= 11 is 0. The van der Waals surface area contributed by atoms with Gasteiger partial charge in [-0.05, 0) is 32.0 Å². The van der Waals surface area contributed by atoms with Crippen LogP contribution in [0.2, 0.25) is 0 Å². The van der Waals surface area contributed by atoms with Gasteiger partial charge in [-0.1, -0.05) is 0 Å². The molecule has 1 saturated heterocycles. The van der Waals surface area contributed by atoms with E-state index in [2.05, 4.69) is 36.9 Å².